The van der Waals surface area contributed by atoms with Crippen LogP contribution in [0, 0.1) is 5.82 Å². The Balaban J connectivity index is 2.37. The van der Waals surface area contributed by atoms with Crippen LogP contribution in [-0.2, 0) is 0 Å². The molecule has 0 saturated heterocycles. The number of halogens is 2. The van der Waals surface area contributed by atoms with Crippen molar-refractivity contribution in [3.63, 3.8) is 0 Å². The molecule has 7 heteroatoms. The quantitative estimate of drug-likeness (QED) is 0.871. The van der Waals surface area contributed by atoms with Crippen molar-refractivity contribution in [2.24, 2.45) is 0 Å². The number of rotatable bonds is 5. The molecule has 0 aliphatic heterocycles. The lowest BCUT2D eigenvalue weighted by Gasteiger charge is -2.14. The van der Waals surface area contributed by atoms with Gasteiger partial charge in [-0.05, 0) is 41.1 Å². The van der Waals surface area contributed by atoms with E-state index in [0.717, 1.165) is 4.47 Å². The van der Waals surface area contributed by atoms with Gasteiger partial charge in [0.2, 0.25) is 5.75 Å². The minimum absolute atomic E-state index is 0.337. The van der Waals surface area contributed by atoms with Gasteiger partial charge in [0.05, 0.1) is 12.8 Å². The van der Waals surface area contributed by atoms with Crippen molar-refractivity contribution >= 4 is 33.3 Å². The first kappa shape index (κ1) is 14.5. The summed E-state index contributed by atoms with van der Waals surface area (Å²) in [6.07, 6.45) is 1.41. The van der Waals surface area contributed by atoms with Gasteiger partial charge in [-0.2, -0.15) is 0 Å². The number of anilines is 3. The Labute approximate surface area is 124 Å². The molecular weight excluding hydrogens is 327 g/mol. The molecule has 0 bridgehead atoms. The van der Waals surface area contributed by atoms with E-state index in [9.17, 15) is 4.39 Å². The molecule has 2 aromatic rings. The number of hydrogen-bond donors (Lipinski definition) is 2. The first-order valence-corrected chi connectivity index (χ1v) is 6.80. The van der Waals surface area contributed by atoms with Crippen LogP contribution < -0.4 is 15.4 Å². The summed E-state index contributed by atoms with van der Waals surface area (Å²) in [6.45, 7) is 2.66. The van der Waals surface area contributed by atoms with Crippen LogP contribution in [0.4, 0.5) is 21.7 Å². The van der Waals surface area contributed by atoms with Gasteiger partial charge in [-0.15, -0.1) is 0 Å². The molecule has 1 heterocycles. The first-order valence-electron chi connectivity index (χ1n) is 6.00. The van der Waals surface area contributed by atoms with Gasteiger partial charge in [0.25, 0.3) is 0 Å². The molecule has 5 nitrogen and oxygen atoms in total. The Hall–Kier alpha value is -1.89. The van der Waals surface area contributed by atoms with Crippen LogP contribution in [-0.4, -0.2) is 23.6 Å². The van der Waals surface area contributed by atoms with Crippen molar-refractivity contribution in [3.05, 3.63) is 34.8 Å². The Morgan fingerprint density at radius 2 is 2.05 bits per heavy atom. The molecule has 0 aliphatic carbocycles. The molecule has 0 unspecified atom stereocenters. The maximum Gasteiger partial charge on any atom is 0.204 e. The number of ether oxygens (including phenoxy) is 1. The summed E-state index contributed by atoms with van der Waals surface area (Å²) in [5.74, 6) is 1.19. The van der Waals surface area contributed by atoms with Gasteiger partial charge in [-0.1, -0.05) is 0 Å². The molecule has 0 fully saturated rings. The second kappa shape index (κ2) is 6.51. The van der Waals surface area contributed by atoms with Gasteiger partial charge in [-0.3, -0.25) is 0 Å². The predicted molar refractivity (Wildman–Crippen MR) is 80.1 cm³/mol. The molecule has 2 rings (SSSR count). The summed E-state index contributed by atoms with van der Waals surface area (Å²) < 4.78 is 19.3. The van der Waals surface area contributed by atoms with E-state index in [-0.39, 0.29) is 5.82 Å². The summed E-state index contributed by atoms with van der Waals surface area (Å²) in [5.41, 5.74) is 0.560. The third-order valence-electron chi connectivity index (χ3n) is 2.53. The van der Waals surface area contributed by atoms with Crippen LogP contribution in [0.3, 0.4) is 0 Å². The molecule has 1 aromatic carbocycles. The topological polar surface area (TPSA) is 59.1 Å². The van der Waals surface area contributed by atoms with E-state index in [0.29, 0.717) is 29.6 Å². The molecule has 0 radical (unpaired) electrons. The summed E-state index contributed by atoms with van der Waals surface area (Å²) in [4.78, 5) is 8.24. The smallest absolute Gasteiger partial charge is 0.204 e. The largest absolute Gasteiger partial charge is 0.490 e. The number of nitrogens with one attached hydrogen (secondary N) is 2. The zero-order valence-electron chi connectivity index (χ0n) is 11.1. The van der Waals surface area contributed by atoms with Crippen molar-refractivity contribution < 1.29 is 9.13 Å². The second-order valence-corrected chi connectivity index (χ2v) is 4.74. The highest BCUT2D eigenvalue weighted by molar-refractivity contribution is 9.10. The minimum atomic E-state index is -0.337. The fraction of sp³-hybridized carbons (Fsp3) is 0.231. The fourth-order valence-corrected chi connectivity index (χ4v) is 2.02. The van der Waals surface area contributed by atoms with Crippen LogP contribution in [0.25, 0.3) is 0 Å². The van der Waals surface area contributed by atoms with Crippen molar-refractivity contribution in [2.75, 3.05) is 24.3 Å². The lowest BCUT2D eigenvalue weighted by atomic mass is 10.3. The monoisotopic (exact) mass is 340 g/mol. The number of nitrogens with zero attached hydrogens (tertiary/aromatic N) is 2. The van der Waals surface area contributed by atoms with E-state index in [1.54, 1.807) is 6.07 Å². The number of aromatic nitrogens is 2. The summed E-state index contributed by atoms with van der Waals surface area (Å²) in [7, 11) is 1.53. The highest BCUT2D eigenvalue weighted by atomic mass is 79.9. The van der Waals surface area contributed by atoms with E-state index >= 15 is 0 Å². The van der Waals surface area contributed by atoms with E-state index in [4.69, 9.17) is 4.74 Å². The molecule has 2 N–H and O–H groups in total. The molecule has 0 atom stereocenters. The van der Waals surface area contributed by atoms with Crippen molar-refractivity contribution in [3.8, 4) is 5.75 Å². The Kier molecular flexibility index (Phi) is 4.73. The molecule has 0 aliphatic rings. The Bertz CT molecular complexity index is 609. The summed E-state index contributed by atoms with van der Waals surface area (Å²) in [5, 5.41) is 6.11. The molecule has 106 valence electrons. The van der Waals surface area contributed by atoms with E-state index in [2.05, 4.69) is 36.5 Å². The van der Waals surface area contributed by atoms with Crippen molar-refractivity contribution in [1.29, 1.82) is 0 Å². The van der Waals surface area contributed by atoms with Crippen LogP contribution in [0.2, 0.25) is 0 Å². The average molecular weight is 341 g/mol. The van der Waals surface area contributed by atoms with E-state index in [1.807, 2.05) is 6.92 Å². The molecule has 0 spiro atoms. The molecule has 0 saturated carbocycles. The fourth-order valence-electron chi connectivity index (χ4n) is 1.67. The Morgan fingerprint density at radius 3 is 2.75 bits per heavy atom. The van der Waals surface area contributed by atoms with Crippen LogP contribution in [0.1, 0.15) is 6.92 Å². The van der Waals surface area contributed by atoms with Crippen molar-refractivity contribution in [1.82, 2.24) is 9.97 Å². The molecule has 20 heavy (non-hydrogen) atoms. The minimum Gasteiger partial charge on any atom is -0.490 e. The number of hydrogen-bond acceptors (Lipinski definition) is 5. The van der Waals surface area contributed by atoms with Gasteiger partial charge in [0.15, 0.2) is 11.6 Å². The average Bonchev–Trinajstić information content (AvgIpc) is 2.43. The number of benzene rings is 1. The molecule has 1 aromatic heterocycles. The third-order valence-corrected chi connectivity index (χ3v) is 3.23. The van der Waals surface area contributed by atoms with Crippen molar-refractivity contribution in [2.45, 2.75) is 6.92 Å². The zero-order valence-corrected chi connectivity index (χ0v) is 12.7. The van der Waals surface area contributed by atoms with Gasteiger partial charge in [0, 0.05) is 11.0 Å². The summed E-state index contributed by atoms with van der Waals surface area (Å²) in [6, 6.07) is 4.37. The maximum absolute atomic E-state index is 13.3. The van der Waals surface area contributed by atoms with Gasteiger partial charge in [0.1, 0.15) is 12.1 Å². The van der Waals surface area contributed by atoms with Gasteiger partial charge in [-0.25, -0.2) is 14.4 Å². The standard InChI is InChI=1S/C13H14BrFN4O/c1-3-16-12-11(20-2)13(18-7-17-12)19-10-6-8(15)4-5-9(10)14/h4-7H,3H2,1-2H3,(H2,16,17,18,19). The predicted octanol–water partition coefficient (Wildman–Crippen LogP) is 3.56. The normalized spacial score (nSPS) is 10.2. The molecule has 0 amide bonds. The lowest BCUT2D eigenvalue weighted by molar-refractivity contribution is 0.415. The van der Waals surface area contributed by atoms with Gasteiger partial charge >= 0.3 is 0 Å². The Morgan fingerprint density at radius 1 is 1.30 bits per heavy atom. The second-order valence-electron chi connectivity index (χ2n) is 3.88. The highest BCUT2D eigenvalue weighted by Crippen LogP contribution is 2.33. The van der Waals surface area contributed by atoms with E-state index in [1.165, 1.54) is 25.6 Å². The van der Waals surface area contributed by atoms with Crippen LogP contribution in [0.5, 0.6) is 5.75 Å². The first-order chi connectivity index (χ1) is 9.65. The van der Waals surface area contributed by atoms with E-state index < -0.39 is 0 Å². The zero-order chi connectivity index (χ0) is 14.5. The summed E-state index contributed by atoms with van der Waals surface area (Å²) >= 11 is 3.35. The SMILES string of the molecule is CCNc1ncnc(Nc2cc(F)ccc2Br)c1OC. The number of methoxy groups -OCH3 is 1. The lowest BCUT2D eigenvalue weighted by Crippen LogP contribution is -2.06. The highest BCUT2D eigenvalue weighted by Gasteiger charge is 2.13. The maximum atomic E-state index is 13.3. The van der Waals surface area contributed by atoms with Gasteiger partial charge < -0.3 is 15.4 Å². The van der Waals surface area contributed by atoms with Crippen LogP contribution in [0.15, 0.2) is 29.0 Å². The third kappa shape index (κ3) is 3.16. The van der Waals surface area contributed by atoms with Crippen LogP contribution >= 0.6 is 15.9 Å². The molecular formula is C13H14BrFN4O.